The summed E-state index contributed by atoms with van der Waals surface area (Å²) >= 11 is 0. The zero-order valence-electron chi connectivity index (χ0n) is 13.8. The first-order chi connectivity index (χ1) is 9.31. The van der Waals surface area contributed by atoms with E-state index in [-0.39, 0.29) is 0 Å². The second-order valence-corrected chi connectivity index (χ2v) is 6.01. The Balaban J connectivity index is 3.23. The minimum absolute atomic E-state index is 0.926. The van der Waals surface area contributed by atoms with Crippen LogP contribution in [-0.2, 0) is 0 Å². The summed E-state index contributed by atoms with van der Waals surface area (Å²) in [7, 11) is 0. The van der Waals surface area contributed by atoms with Gasteiger partial charge in [-0.05, 0) is 18.8 Å². The minimum atomic E-state index is 0.926. The molecule has 0 aliphatic rings. The van der Waals surface area contributed by atoms with E-state index in [0.29, 0.717) is 0 Å². The fourth-order valence-electron chi connectivity index (χ4n) is 2.39. The second kappa shape index (κ2) is 15.6. The molecule has 0 aromatic carbocycles. The van der Waals surface area contributed by atoms with E-state index in [9.17, 15) is 0 Å². The van der Waals surface area contributed by atoms with Gasteiger partial charge in [0.2, 0.25) is 0 Å². The van der Waals surface area contributed by atoms with Crippen molar-refractivity contribution in [1.82, 2.24) is 0 Å². The molecular weight excluding hydrogens is 228 g/mol. The van der Waals surface area contributed by atoms with E-state index in [1.807, 2.05) is 0 Å². The Morgan fingerprint density at radius 3 is 1.79 bits per heavy atom. The van der Waals surface area contributed by atoms with Gasteiger partial charge in [0.15, 0.2) is 0 Å². The van der Waals surface area contributed by atoms with Crippen LogP contribution in [0.3, 0.4) is 0 Å². The molecule has 0 amide bonds. The van der Waals surface area contributed by atoms with Crippen LogP contribution in [0.2, 0.25) is 0 Å². The summed E-state index contributed by atoms with van der Waals surface area (Å²) < 4.78 is 0. The average molecular weight is 264 g/mol. The maximum absolute atomic E-state index is 3.31. The monoisotopic (exact) mass is 264 g/mol. The van der Waals surface area contributed by atoms with Crippen LogP contribution in [0.25, 0.3) is 0 Å². The summed E-state index contributed by atoms with van der Waals surface area (Å²) in [5.74, 6) is 7.51. The van der Waals surface area contributed by atoms with Crippen molar-refractivity contribution in [2.24, 2.45) is 5.92 Å². The Hall–Kier alpha value is -0.440. The van der Waals surface area contributed by atoms with Gasteiger partial charge in [-0.3, -0.25) is 0 Å². The van der Waals surface area contributed by atoms with Crippen molar-refractivity contribution in [2.45, 2.75) is 104 Å². The molecule has 112 valence electrons. The van der Waals surface area contributed by atoms with Crippen molar-refractivity contribution in [3.63, 3.8) is 0 Å². The molecule has 0 N–H and O–H groups in total. The zero-order chi connectivity index (χ0) is 14.2. The second-order valence-electron chi connectivity index (χ2n) is 6.01. The molecule has 19 heavy (non-hydrogen) atoms. The molecule has 0 saturated carbocycles. The Bertz CT molecular complexity index is 218. The molecule has 0 aromatic rings. The SMILES string of the molecule is CCCCC#CCCCCC(C)CCCCCCC. The highest BCUT2D eigenvalue weighted by molar-refractivity contribution is 4.98. The van der Waals surface area contributed by atoms with E-state index in [1.165, 1.54) is 70.6 Å². The summed E-state index contributed by atoms with van der Waals surface area (Å²) in [5, 5.41) is 0. The molecule has 0 saturated heterocycles. The predicted octanol–water partition coefficient (Wildman–Crippen LogP) is 6.74. The molecule has 0 nitrogen and oxygen atoms in total. The van der Waals surface area contributed by atoms with E-state index < -0.39 is 0 Å². The van der Waals surface area contributed by atoms with E-state index in [4.69, 9.17) is 0 Å². The number of hydrogen-bond donors (Lipinski definition) is 0. The quantitative estimate of drug-likeness (QED) is 0.270. The highest BCUT2D eigenvalue weighted by Crippen LogP contribution is 2.17. The number of unbranched alkanes of at least 4 members (excludes halogenated alkanes) is 8. The summed E-state index contributed by atoms with van der Waals surface area (Å²) in [4.78, 5) is 0. The maximum atomic E-state index is 3.31. The highest BCUT2D eigenvalue weighted by Gasteiger charge is 2.01. The van der Waals surface area contributed by atoms with Crippen LogP contribution in [0.15, 0.2) is 0 Å². The van der Waals surface area contributed by atoms with Gasteiger partial charge in [-0.2, -0.15) is 0 Å². The standard InChI is InChI=1S/C19H36/c1-4-6-8-10-11-12-14-16-18-19(3)17-15-13-9-7-5-2/h19H,4-9,12-18H2,1-3H3. The molecule has 0 aromatic heterocycles. The van der Waals surface area contributed by atoms with Crippen LogP contribution in [-0.4, -0.2) is 0 Å². The molecule has 0 heteroatoms. The Kier molecular flexibility index (Phi) is 15.3. The molecule has 0 bridgehead atoms. The topological polar surface area (TPSA) is 0 Å². The van der Waals surface area contributed by atoms with Gasteiger partial charge in [-0.25, -0.2) is 0 Å². The van der Waals surface area contributed by atoms with Gasteiger partial charge in [0.25, 0.3) is 0 Å². The van der Waals surface area contributed by atoms with Gasteiger partial charge in [0, 0.05) is 12.8 Å². The van der Waals surface area contributed by atoms with Gasteiger partial charge in [-0.1, -0.05) is 78.6 Å². The van der Waals surface area contributed by atoms with E-state index >= 15 is 0 Å². The lowest BCUT2D eigenvalue weighted by molar-refractivity contribution is 0.440. The smallest absolute Gasteiger partial charge is 0.00886 e. The first-order valence-electron chi connectivity index (χ1n) is 8.77. The molecule has 0 spiro atoms. The van der Waals surface area contributed by atoms with Crippen molar-refractivity contribution in [2.75, 3.05) is 0 Å². The molecular formula is C19H36. The zero-order valence-corrected chi connectivity index (χ0v) is 13.8. The van der Waals surface area contributed by atoms with Crippen LogP contribution in [0, 0.1) is 17.8 Å². The van der Waals surface area contributed by atoms with Gasteiger partial charge in [0.05, 0.1) is 0 Å². The van der Waals surface area contributed by atoms with E-state index in [2.05, 4.69) is 32.6 Å². The number of rotatable bonds is 12. The fraction of sp³-hybridized carbons (Fsp3) is 0.895. The number of hydrogen-bond acceptors (Lipinski definition) is 0. The van der Waals surface area contributed by atoms with Crippen molar-refractivity contribution in [3.8, 4) is 11.8 Å². The molecule has 0 aliphatic carbocycles. The Labute approximate surface area is 122 Å². The van der Waals surface area contributed by atoms with Crippen molar-refractivity contribution < 1.29 is 0 Å². The molecule has 0 fully saturated rings. The molecule has 0 rings (SSSR count). The first kappa shape index (κ1) is 18.6. The summed E-state index contributed by atoms with van der Waals surface area (Å²) in [6.45, 7) is 6.94. The van der Waals surface area contributed by atoms with Crippen LogP contribution >= 0.6 is 0 Å². The van der Waals surface area contributed by atoms with Crippen LogP contribution < -0.4 is 0 Å². The third-order valence-electron chi connectivity index (χ3n) is 3.83. The largest absolute Gasteiger partial charge is 0.103 e. The molecule has 0 heterocycles. The van der Waals surface area contributed by atoms with Crippen molar-refractivity contribution >= 4 is 0 Å². The van der Waals surface area contributed by atoms with E-state index in [1.54, 1.807) is 0 Å². The summed E-state index contributed by atoms with van der Waals surface area (Å²) in [6.07, 6.45) is 17.4. The van der Waals surface area contributed by atoms with E-state index in [0.717, 1.165) is 18.8 Å². The normalized spacial score (nSPS) is 11.9. The van der Waals surface area contributed by atoms with Gasteiger partial charge in [-0.15, -0.1) is 11.8 Å². The van der Waals surface area contributed by atoms with Gasteiger partial charge < -0.3 is 0 Å². The van der Waals surface area contributed by atoms with Crippen LogP contribution in [0.4, 0.5) is 0 Å². The van der Waals surface area contributed by atoms with Gasteiger partial charge in [0.1, 0.15) is 0 Å². The molecule has 0 aliphatic heterocycles. The average Bonchev–Trinajstić information content (AvgIpc) is 2.41. The third kappa shape index (κ3) is 15.5. The predicted molar refractivity (Wildman–Crippen MR) is 88.3 cm³/mol. The Morgan fingerprint density at radius 2 is 1.16 bits per heavy atom. The lowest BCUT2D eigenvalue weighted by Crippen LogP contribution is -1.94. The van der Waals surface area contributed by atoms with Gasteiger partial charge >= 0.3 is 0 Å². The lowest BCUT2D eigenvalue weighted by Gasteiger charge is -2.10. The van der Waals surface area contributed by atoms with Crippen LogP contribution in [0.1, 0.15) is 104 Å². The Morgan fingerprint density at radius 1 is 0.632 bits per heavy atom. The lowest BCUT2D eigenvalue weighted by atomic mass is 9.96. The first-order valence-corrected chi connectivity index (χ1v) is 8.77. The van der Waals surface area contributed by atoms with Crippen LogP contribution in [0.5, 0.6) is 0 Å². The third-order valence-corrected chi connectivity index (χ3v) is 3.83. The van der Waals surface area contributed by atoms with Crippen molar-refractivity contribution in [1.29, 1.82) is 0 Å². The molecule has 1 unspecified atom stereocenters. The summed E-state index contributed by atoms with van der Waals surface area (Å²) in [6, 6.07) is 0. The summed E-state index contributed by atoms with van der Waals surface area (Å²) in [5.41, 5.74) is 0. The molecule has 0 radical (unpaired) electrons. The van der Waals surface area contributed by atoms with Crippen molar-refractivity contribution in [3.05, 3.63) is 0 Å². The minimum Gasteiger partial charge on any atom is -0.103 e. The maximum Gasteiger partial charge on any atom is 0.00886 e. The fourth-order valence-corrected chi connectivity index (χ4v) is 2.39. The molecule has 1 atom stereocenters. The highest BCUT2D eigenvalue weighted by atomic mass is 14.1.